The molecule has 7 heteroatoms. The average molecular weight is 229 g/mol. The van der Waals surface area contributed by atoms with E-state index in [-0.39, 0.29) is 0 Å². The molecule has 0 aromatic heterocycles. The van der Waals surface area contributed by atoms with Crippen molar-refractivity contribution in [1.82, 2.24) is 0 Å². The minimum Gasteiger partial charge on any atom is -0.223 e. The molecule has 0 spiro atoms. The van der Waals surface area contributed by atoms with Crippen molar-refractivity contribution >= 4 is 31.3 Å². The molecule has 1 aliphatic heterocycles. The number of sulfone groups is 2. The van der Waals surface area contributed by atoms with Gasteiger partial charge in [0, 0.05) is 6.26 Å². The van der Waals surface area contributed by atoms with E-state index in [2.05, 4.69) is 0 Å². The first kappa shape index (κ1) is 9.76. The zero-order valence-electron chi connectivity index (χ0n) is 5.98. The number of hydrogen-bond acceptors (Lipinski definition) is 4. The standard InChI is InChI=1S/C5H5ClO4S2/c1-11(7,8)5-3-2-4(6)12(5,9)10/h2-3H,1H3. The van der Waals surface area contributed by atoms with Crippen LogP contribution >= 0.6 is 11.6 Å². The smallest absolute Gasteiger partial charge is 0.223 e. The van der Waals surface area contributed by atoms with Gasteiger partial charge in [-0.1, -0.05) is 11.6 Å². The van der Waals surface area contributed by atoms with Crippen molar-refractivity contribution in [3.8, 4) is 0 Å². The molecule has 0 saturated carbocycles. The Labute approximate surface area is 75.4 Å². The van der Waals surface area contributed by atoms with E-state index in [9.17, 15) is 16.8 Å². The molecule has 0 bridgehead atoms. The van der Waals surface area contributed by atoms with Crippen molar-refractivity contribution in [2.45, 2.75) is 0 Å². The Balaban J connectivity index is 3.41. The predicted octanol–water partition coefficient (Wildman–Crippen LogP) is 0.381. The molecule has 0 atom stereocenters. The van der Waals surface area contributed by atoms with Gasteiger partial charge in [-0.15, -0.1) is 0 Å². The van der Waals surface area contributed by atoms with Gasteiger partial charge in [-0.05, 0) is 12.2 Å². The summed E-state index contributed by atoms with van der Waals surface area (Å²) < 4.78 is 42.8. The summed E-state index contributed by atoms with van der Waals surface area (Å²) >= 11 is 5.26. The lowest BCUT2D eigenvalue weighted by Gasteiger charge is -1.98. The van der Waals surface area contributed by atoms with E-state index in [1.54, 1.807) is 0 Å². The van der Waals surface area contributed by atoms with Crippen molar-refractivity contribution in [2.24, 2.45) is 0 Å². The Hall–Kier alpha value is -0.330. The van der Waals surface area contributed by atoms with Gasteiger partial charge in [0.2, 0.25) is 9.84 Å². The molecule has 12 heavy (non-hydrogen) atoms. The zero-order chi connectivity index (χ0) is 9.57. The second kappa shape index (κ2) is 2.58. The number of rotatable bonds is 1. The Bertz CT molecular complexity index is 466. The Morgan fingerprint density at radius 1 is 1.33 bits per heavy atom. The van der Waals surface area contributed by atoms with Crippen LogP contribution in [0.1, 0.15) is 0 Å². The lowest BCUT2D eigenvalue weighted by molar-refractivity contribution is 0.602. The largest absolute Gasteiger partial charge is 0.228 e. The summed E-state index contributed by atoms with van der Waals surface area (Å²) in [5.74, 6) is 0. The fourth-order valence-electron chi connectivity index (χ4n) is 0.732. The minimum atomic E-state index is -3.92. The third-order valence-corrected chi connectivity index (χ3v) is 5.72. The maximum Gasteiger partial charge on any atom is 0.228 e. The SMILES string of the molecule is CS(=O)(=O)C1=CC=C(Cl)S1(=O)=O. The monoisotopic (exact) mass is 228 g/mol. The lowest BCUT2D eigenvalue weighted by atomic mass is 10.6. The van der Waals surface area contributed by atoms with Gasteiger partial charge in [-0.3, -0.25) is 0 Å². The molecule has 0 amide bonds. The molecule has 68 valence electrons. The highest BCUT2D eigenvalue weighted by Crippen LogP contribution is 2.29. The topological polar surface area (TPSA) is 68.3 Å². The van der Waals surface area contributed by atoms with Crippen LogP contribution < -0.4 is 0 Å². The predicted molar refractivity (Wildman–Crippen MR) is 45.8 cm³/mol. The van der Waals surface area contributed by atoms with Gasteiger partial charge in [0.05, 0.1) is 0 Å². The average Bonchev–Trinajstić information content (AvgIpc) is 2.06. The van der Waals surface area contributed by atoms with Gasteiger partial charge in [0.25, 0.3) is 0 Å². The van der Waals surface area contributed by atoms with Gasteiger partial charge in [0.15, 0.2) is 14.1 Å². The van der Waals surface area contributed by atoms with E-state index >= 15 is 0 Å². The van der Waals surface area contributed by atoms with E-state index in [0.29, 0.717) is 0 Å². The summed E-state index contributed by atoms with van der Waals surface area (Å²) in [7, 11) is -7.63. The Morgan fingerprint density at radius 3 is 2.00 bits per heavy atom. The highest BCUT2D eigenvalue weighted by Gasteiger charge is 2.32. The molecule has 0 aromatic carbocycles. The molecule has 4 nitrogen and oxygen atoms in total. The van der Waals surface area contributed by atoms with Crippen LogP contribution in [0.4, 0.5) is 0 Å². The number of hydrogen-bond donors (Lipinski definition) is 0. The Morgan fingerprint density at radius 2 is 1.83 bits per heavy atom. The van der Waals surface area contributed by atoms with Crippen molar-refractivity contribution in [2.75, 3.05) is 6.26 Å². The summed E-state index contributed by atoms with van der Waals surface area (Å²) in [5.41, 5.74) is 0. The minimum absolute atomic E-state index is 0.456. The van der Waals surface area contributed by atoms with Crippen LogP contribution in [-0.4, -0.2) is 23.1 Å². The van der Waals surface area contributed by atoms with Crippen LogP contribution in [0, 0.1) is 0 Å². The summed E-state index contributed by atoms with van der Waals surface area (Å²) in [5, 5.41) is 0. The van der Waals surface area contributed by atoms with Gasteiger partial charge in [0.1, 0.15) is 4.36 Å². The fourth-order valence-corrected chi connectivity index (χ4v) is 4.05. The molecule has 1 aliphatic rings. The lowest BCUT2D eigenvalue weighted by Crippen LogP contribution is -2.09. The molecule has 0 radical (unpaired) electrons. The van der Waals surface area contributed by atoms with Gasteiger partial charge < -0.3 is 0 Å². The fraction of sp³-hybridized carbons (Fsp3) is 0.200. The molecule has 0 fully saturated rings. The first-order valence-electron chi connectivity index (χ1n) is 2.79. The van der Waals surface area contributed by atoms with Gasteiger partial charge in [-0.2, -0.15) is 0 Å². The molecule has 0 aromatic rings. The van der Waals surface area contributed by atoms with Crippen molar-refractivity contribution < 1.29 is 16.8 Å². The second-order valence-corrected chi connectivity index (χ2v) is 6.99. The quantitative estimate of drug-likeness (QED) is 0.651. The van der Waals surface area contributed by atoms with Crippen LogP contribution in [0.25, 0.3) is 0 Å². The molecule has 0 unspecified atom stereocenters. The third-order valence-electron chi connectivity index (χ3n) is 1.24. The maximum absolute atomic E-state index is 11.1. The highest BCUT2D eigenvalue weighted by atomic mass is 35.5. The van der Waals surface area contributed by atoms with Crippen LogP contribution in [0.2, 0.25) is 0 Å². The van der Waals surface area contributed by atoms with Crippen LogP contribution in [0.15, 0.2) is 20.8 Å². The highest BCUT2D eigenvalue weighted by molar-refractivity contribution is 8.16. The second-order valence-electron chi connectivity index (χ2n) is 2.23. The number of halogens is 1. The third kappa shape index (κ3) is 1.41. The molecule has 1 rings (SSSR count). The first-order valence-corrected chi connectivity index (χ1v) is 6.54. The molecule has 0 saturated heterocycles. The molecule has 1 heterocycles. The summed E-state index contributed by atoms with van der Waals surface area (Å²) in [4.78, 5) is 0. The van der Waals surface area contributed by atoms with Crippen molar-refractivity contribution in [1.29, 1.82) is 0 Å². The van der Waals surface area contributed by atoms with Gasteiger partial charge >= 0.3 is 0 Å². The van der Waals surface area contributed by atoms with Crippen molar-refractivity contribution in [3.05, 3.63) is 20.8 Å². The van der Waals surface area contributed by atoms with E-state index in [4.69, 9.17) is 11.6 Å². The summed E-state index contributed by atoms with van der Waals surface area (Å²) in [6.07, 6.45) is 2.85. The van der Waals surface area contributed by atoms with Crippen LogP contribution in [0.5, 0.6) is 0 Å². The van der Waals surface area contributed by atoms with Gasteiger partial charge in [-0.25, -0.2) is 16.8 Å². The molecule has 0 N–H and O–H groups in total. The maximum atomic E-state index is 11.1. The summed E-state index contributed by atoms with van der Waals surface area (Å²) in [6, 6.07) is 0. The molecule has 0 aliphatic carbocycles. The van der Waals surface area contributed by atoms with E-state index < -0.39 is 28.3 Å². The normalized spacial score (nSPS) is 21.8. The first-order chi connectivity index (χ1) is 5.26. The molecular weight excluding hydrogens is 224 g/mol. The van der Waals surface area contributed by atoms with E-state index in [1.807, 2.05) is 0 Å². The van der Waals surface area contributed by atoms with E-state index in [1.165, 1.54) is 0 Å². The van der Waals surface area contributed by atoms with E-state index in [0.717, 1.165) is 18.4 Å². The number of allylic oxidation sites excluding steroid dienone is 2. The zero-order valence-corrected chi connectivity index (χ0v) is 8.37. The Kier molecular flexibility index (Phi) is 2.10. The van der Waals surface area contributed by atoms with Crippen LogP contribution in [-0.2, 0) is 19.7 Å². The molecular formula is C5H5ClO4S2. The van der Waals surface area contributed by atoms with Crippen LogP contribution in [0.3, 0.4) is 0 Å². The summed E-state index contributed by atoms with van der Waals surface area (Å²) in [6.45, 7) is 0. The van der Waals surface area contributed by atoms with Crippen molar-refractivity contribution in [3.63, 3.8) is 0 Å².